The molecule has 0 aliphatic heterocycles. The molecule has 0 aliphatic rings. The molecule has 0 bridgehead atoms. The molecule has 1 aromatic heterocycles. The fraction of sp³-hybridized carbons (Fsp3) is 0.333. The van der Waals surface area contributed by atoms with Crippen molar-refractivity contribution in [2.45, 2.75) is 27.3 Å². The number of benzene rings is 1. The van der Waals surface area contributed by atoms with Crippen LogP contribution >= 0.6 is 34.9 Å². The number of hydrogen-bond acceptors (Lipinski definition) is 7. The second-order valence-electron chi connectivity index (χ2n) is 4.78. The minimum absolute atomic E-state index is 0.0226. The number of nitrogens with two attached hydrogens (primary N) is 1. The molecule has 0 radical (unpaired) electrons. The van der Waals surface area contributed by atoms with Gasteiger partial charge in [0.15, 0.2) is 8.68 Å². The Morgan fingerprint density at radius 1 is 1.25 bits per heavy atom. The Morgan fingerprint density at radius 2 is 1.96 bits per heavy atom. The molecule has 1 atom stereocenters. The van der Waals surface area contributed by atoms with E-state index in [1.807, 2.05) is 37.3 Å². The summed E-state index contributed by atoms with van der Waals surface area (Å²) in [4.78, 5) is 23.3. The normalized spacial score (nSPS) is 11.9. The molecule has 0 fully saturated rings. The zero-order valence-electron chi connectivity index (χ0n) is 13.1. The summed E-state index contributed by atoms with van der Waals surface area (Å²) in [5.41, 5.74) is 6.34. The third-order valence-electron chi connectivity index (χ3n) is 2.87. The van der Waals surface area contributed by atoms with Crippen molar-refractivity contribution >= 4 is 46.7 Å². The summed E-state index contributed by atoms with van der Waals surface area (Å²) < 4.78 is 1.35. The van der Waals surface area contributed by atoms with Crippen LogP contribution in [-0.2, 0) is 9.59 Å². The van der Waals surface area contributed by atoms with Crippen molar-refractivity contribution in [3.63, 3.8) is 0 Å². The monoisotopic (exact) mass is 382 g/mol. The third-order valence-corrected chi connectivity index (χ3v) is 6.28. The van der Waals surface area contributed by atoms with E-state index < -0.39 is 11.2 Å². The van der Waals surface area contributed by atoms with Crippen LogP contribution in [0.15, 0.2) is 39.0 Å². The average Bonchev–Trinajstić information content (AvgIpc) is 3.04. The number of thioether (sulfide) groups is 2. The van der Waals surface area contributed by atoms with E-state index in [2.05, 4.69) is 15.5 Å². The molecule has 2 rings (SSSR count). The molecule has 1 heterocycles. The van der Waals surface area contributed by atoms with E-state index >= 15 is 0 Å². The lowest BCUT2D eigenvalue weighted by Gasteiger charge is -2.10. The molecule has 6 nitrogen and oxygen atoms in total. The van der Waals surface area contributed by atoms with Crippen molar-refractivity contribution in [1.82, 2.24) is 15.5 Å². The summed E-state index contributed by atoms with van der Waals surface area (Å²) >= 11 is 3.96. The first-order valence-corrected chi connectivity index (χ1v) is 10.0. The zero-order valence-corrected chi connectivity index (χ0v) is 15.5. The van der Waals surface area contributed by atoms with Gasteiger partial charge >= 0.3 is 0 Å². The average molecular weight is 383 g/mol. The van der Waals surface area contributed by atoms with E-state index in [0.29, 0.717) is 21.0 Å². The Balaban J connectivity index is 1.94. The molecule has 0 saturated heterocycles. The largest absolute Gasteiger partial charge is 0.368 e. The van der Waals surface area contributed by atoms with E-state index in [0.717, 1.165) is 12.0 Å². The summed E-state index contributed by atoms with van der Waals surface area (Å²) in [6.07, 6.45) is 0.907. The fourth-order valence-electron chi connectivity index (χ4n) is 1.76. The second-order valence-corrected chi connectivity index (χ2v) is 8.34. The predicted molar refractivity (Wildman–Crippen MR) is 98.2 cm³/mol. The molecular formula is C15H18N4O2S3. The van der Waals surface area contributed by atoms with Crippen LogP contribution in [0.5, 0.6) is 0 Å². The van der Waals surface area contributed by atoms with Gasteiger partial charge in [-0.3, -0.25) is 9.59 Å². The molecule has 1 unspecified atom stereocenters. The van der Waals surface area contributed by atoms with E-state index in [9.17, 15) is 9.59 Å². The van der Waals surface area contributed by atoms with E-state index in [-0.39, 0.29) is 5.91 Å². The first-order valence-electron chi connectivity index (χ1n) is 7.34. The molecule has 0 saturated carbocycles. The molecule has 2 amide bonds. The molecule has 9 heteroatoms. The lowest BCUT2D eigenvalue weighted by Crippen LogP contribution is -2.25. The Morgan fingerprint density at radius 3 is 2.62 bits per heavy atom. The van der Waals surface area contributed by atoms with Gasteiger partial charge in [-0.1, -0.05) is 72.1 Å². The first kappa shape index (κ1) is 18.8. The number of nitrogens with one attached hydrogen (secondary N) is 1. The van der Waals surface area contributed by atoms with Gasteiger partial charge in [-0.2, -0.15) is 0 Å². The number of carbonyl (C=O) groups excluding carboxylic acids is 2. The summed E-state index contributed by atoms with van der Waals surface area (Å²) in [7, 11) is 0. The van der Waals surface area contributed by atoms with Crippen LogP contribution in [0.25, 0.3) is 0 Å². The van der Waals surface area contributed by atoms with Crippen LogP contribution in [0.4, 0.5) is 0 Å². The number of primary amides is 1. The Hall–Kier alpha value is -1.58. The highest BCUT2D eigenvalue weighted by molar-refractivity contribution is 8.04. The molecule has 128 valence electrons. The van der Waals surface area contributed by atoms with Gasteiger partial charge in [0.25, 0.3) is 0 Å². The van der Waals surface area contributed by atoms with Crippen molar-refractivity contribution in [2.75, 3.05) is 12.3 Å². The minimum atomic E-state index is -0.509. The van der Waals surface area contributed by atoms with Gasteiger partial charge in [-0.15, -0.1) is 10.2 Å². The third kappa shape index (κ3) is 5.81. The molecule has 24 heavy (non-hydrogen) atoms. The summed E-state index contributed by atoms with van der Waals surface area (Å²) in [5, 5.41) is 10.4. The predicted octanol–water partition coefficient (Wildman–Crippen LogP) is 2.48. The van der Waals surface area contributed by atoms with Gasteiger partial charge in [0.05, 0.1) is 5.75 Å². The van der Waals surface area contributed by atoms with Gasteiger partial charge in [-0.05, 0) is 12.0 Å². The maximum Gasteiger partial charge on any atom is 0.235 e. The van der Waals surface area contributed by atoms with Crippen molar-refractivity contribution < 1.29 is 9.59 Å². The zero-order chi connectivity index (χ0) is 17.4. The molecule has 2 aromatic rings. The second kappa shape index (κ2) is 9.65. The van der Waals surface area contributed by atoms with Gasteiger partial charge in [0.1, 0.15) is 5.25 Å². The van der Waals surface area contributed by atoms with Gasteiger partial charge in [0.2, 0.25) is 11.8 Å². The quantitative estimate of drug-likeness (QED) is 0.647. The van der Waals surface area contributed by atoms with E-state index in [4.69, 9.17) is 5.73 Å². The number of carbonyl (C=O) groups is 2. The van der Waals surface area contributed by atoms with Crippen LogP contribution in [0.3, 0.4) is 0 Å². The van der Waals surface area contributed by atoms with E-state index in [1.165, 1.54) is 34.9 Å². The lowest BCUT2D eigenvalue weighted by molar-refractivity contribution is -0.119. The van der Waals surface area contributed by atoms with Crippen LogP contribution in [0.1, 0.15) is 24.2 Å². The molecule has 0 spiro atoms. The van der Waals surface area contributed by atoms with Crippen molar-refractivity contribution in [1.29, 1.82) is 0 Å². The summed E-state index contributed by atoms with van der Waals surface area (Å²) in [6, 6.07) is 9.33. The van der Waals surface area contributed by atoms with Crippen LogP contribution < -0.4 is 11.1 Å². The lowest BCUT2D eigenvalue weighted by atomic mass is 10.1. The van der Waals surface area contributed by atoms with Crippen molar-refractivity contribution in [3.05, 3.63) is 35.9 Å². The Kier molecular flexibility index (Phi) is 7.54. The van der Waals surface area contributed by atoms with Crippen LogP contribution in [0, 0.1) is 0 Å². The van der Waals surface area contributed by atoms with Crippen LogP contribution in [-0.4, -0.2) is 34.3 Å². The topological polar surface area (TPSA) is 98.0 Å². The fourth-order valence-corrected chi connectivity index (χ4v) is 4.76. The molecule has 0 aliphatic carbocycles. The van der Waals surface area contributed by atoms with Gasteiger partial charge in [0, 0.05) is 6.54 Å². The first-order chi connectivity index (χ1) is 11.6. The Labute approximate surface area is 153 Å². The van der Waals surface area contributed by atoms with Gasteiger partial charge in [-0.25, -0.2) is 0 Å². The number of hydrogen-bond donors (Lipinski definition) is 2. The Bertz CT molecular complexity index is 678. The number of amides is 2. The highest BCUT2D eigenvalue weighted by Gasteiger charge is 2.21. The molecule has 3 N–H and O–H groups in total. The smallest absolute Gasteiger partial charge is 0.235 e. The highest BCUT2D eigenvalue weighted by Crippen LogP contribution is 2.38. The molecule has 1 aromatic carbocycles. The maximum absolute atomic E-state index is 11.7. The van der Waals surface area contributed by atoms with Gasteiger partial charge < -0.3 is 11.1 Å². The number of nitrogens with zero attached hydrogens (tertiary/aromatic N) is 2. The SMILES string of the molecule is CCCNC(=O)CSc1nnc(SC(C(N)=O)c2ccccc2)s1. The summed E-state index contributed by atoms with van der Waals surface area (Å²) in [5.74, 6) is -0.142. The highest BCUT2D eigenvalue weighted by atomic mass is 32.2. The maximum atomic E-state index is 11.7. The minimum Gasteiger partial charge on any atom is -0.368 e. The van der Waals surface area contributed by atoms with E-state index in [1.54, 1.807) is 0 Å². The standard InChI is InChI=1S/C15H18N4O2S3/c1-2-8-17-11(20)9-22-14-18-19-15(24-14)23-12(13(16)21)10-6-4-3-5-7-10/h3-7,12H,2,8-9H2,1H3,(H2,16,21)(H,17,20). The van der Waals surface area contributed by atoms with Crippen molar-refractivity contribution in [3.8, 4) is 0 Å². The number of rotatable bonds is 9. The van der Waals surface area contributed by atoms with Crippen molar-refractivity contribution in [2.24, 2.45) is 5.73 Å². The summed E-state index contributed by atoms with van der Waals surface area (Å²) in [6.45, 7) is 2.68. The van der Waals surface area contributed by atoms with Crippen LogP contribution in [0.2, 0.25) is 0 Å². The molecular weight excluding hydrogens is 364 g/mol. The number of aromatic nitrogens is 2.